The van der Waals surface area contributed by atoms with Crippen LogP contribution in [-0.4, -0.2) is 7.11 Å². The standard InChI is InChI=1S/C16H11BrN2O2/c1-20-16-7-12(9-18)3-5-15(16)21-14-4-2-11(8-17)6-13(14)10-19/h2-7H,8H2,1H3. The first-order valence-electron chi connectivity index (χ1n) is 6.06. The molecule has 0 amide bonds. The Hall–Kier alpha value is -2.50. The van der Waals surface area contributed by atoms with Crippen molar-refractivity contribution >= 4 is 15.9 Å². The topological polar surface area (TPSA) is 66.0 Å². The number of hydrogen-bond acceptors (Lipinski definition) is 4. The van der Waals surface area contributed by atoms with Crippen molar-refractivity contribution in [2.24, 2.45) is 0 Å². The van der Waals surface area contributed by atoms with Gasteiger partial charge in [-0.2, -0.15) is 10.5 Å². The zero-order valence-corrected chi connectivity index (χ0v) is 12.8. The third-order valence-corrected chi connectivity index (χ3v) is 3.48. The number of hydrogen-bond donors (Lipinski definition) is 0. The van der Waals surface area contributed by atoms with Gasteiger partial charge in [-0.25, -0.2) is 0 Å². The van der Waals surface area contributed by atoms with Gasteiger partial charge in [0.15, 0.2) is 11.5 Å². The van der Waals surface area contributed by atoms with Crippen molar-refractivity contribution in [2.75, 3.05) is 7.11 Å². The van der Waals surface area contributed by atoms with Crippen molar-refractivity contribution in [2.45, 2.75) is 5.33 Å². The Morgan fingerprint density at radius 2 is 1.76 bits per heavy atom. The van der Waals surface area contributed by atoms with Gasteiger partial charge < -0.3 is 9.47 Å². The maximum absolute atomic E-state index is 9.21. The second-order valence-electron chi connectivity index (χ2n) is 4.16. The van der Waals surface area contributed by atoms with Gasteiger partial charge in [0.25, 0.3) is 0 Å². The van der Waals surface area contributed by atoms with E-state index < -0.39 is 0 Å². The fourth-order valence-electron chi connectivity index (χ4n) is 1.78. The van der Waals surface area contributed by atoms with Crippen molar-refractivity contribution in [1.29, 1.82) is 10.5 Å². The van der Waals surface area contributed by atoms with Crippen LogP contribution in [0.5, 0.6) is 17.2 Å². The summed E-state index contributed by atoms with van der Waals surface area (Å²) in [7, 11) is 1.50. The molecule has 5 heteroatoms. The third-order valence-electron chi connectivity index (χ3n) is 2.83. The molecule has 104 valence electrons. The lowest BCUT2D eigenvalue weighted by Gasteiger charge is -2.12. The molecule has 0 atom stereocenters. The van der Waals surface area contributed by atoms with Crippen LogP contribution in [0.4, 0.5) is 0 Å². The van der Waals surface area contributed by atoms with Gasteiger partial charge in [0.05, 0.1) is 24.3 Å². The van der Waals surface area contributed by atoms with Gasteiger partial charge in [-0.1, -0.05) is 22.0 Å². The zero-order chi connectivity index (χ0) is 15.2. The molecule has 2 aromatic carbocycles. The van der Waals surface area contributed by atoms with Gasteiger partial charge in [-0.05, 0) is 29.8 Å². The molecule has 0 fully saturated rings. The van der Waals surface area contributed by atoms with Crippen LogP contribution in [0.1, 0.15) is 16.7 Å². The quantitative estimate of drug-likeness (QED) is 0.783. The summed E-state index contributed by atoms with van der Waals surface area (Å²) >= 11 is 3.35. The summed E-state index contributed by atoms with van der Waals surface area (Å²) < 4.78 is 11.0. The van der Waals surface area contributed by atoms with E-state index in [0.717, 1.165) is 5.56 Å². The second-order valence-corrected chi connectivity index (χ2v) is 4.72. The normalized spacial score (nSPS) is 9.52. The number of nitrogens with zero attached hydrogens (tertiary/aromatic N) is 2. The molecule has 2 aromatic rings. The van der Waals surface area contributed by atoms with Crippen LogP contribution in [0.3, 0.4) is 0 Å². The number of ether oxygens (including phenoxy) is 2. The Labute approximate surface area is 131 Å². The van der Waals surface area contributed by atoms with Gasteiger partial charge >= 0.3 is 0 Å². The lowest BCUT2D eigenvalue weighted by molar-refractivity contribution is 0.378. The van der Waals surface area contributed by atoms with Gasteiger partial charge in [0.1, 0.15) is 11.8 Å². The molecule has 0 aliphatic carbocycles. The van der Waals surface area contributed by atoms with Crippen LogP contribution >= 0.6 is 15.9 Å². The van der Waals surface area contributed by atoms with Crippen LogP contribution in [0.15, 0.2) is 36.4 Å². The molecule has 0 aromatic heterocycles. The van der Waals surface area contributed by atoms with E-state index in [4.69, 9.17) is 14.7 Å². The predicted molar refractivity (Wildman–Crippen MR) is 81.6 cm³/mol. The van der Waals surface area contributed by atoms with E-state index in [1.165, 1.54) is 7.11 Å². The minimum absolute atomic E-state index is 0.443. The fourth-order valence-corrected chi connectivity index (χ4v) is 2.13. The van der Waals surface area contributed by atoms with Gasteiger partial charge in [-0.15, -0.1) is 0 Å². The smallest absolute Gasteiger partial charge is 0.169 e. The molecular formula is C16H11BrN2O2. The molecule has 0 aliphatic rings. The van der Waals surface area contributed by atoms with E-state index in [1.807, 2.05) is 12.1 Å². The van der Waals surface area contributed by atoms with Gasteiger partial charge in [0, 0.05) is 11.4 Å². The van der Waals surface area contributed by atoms with Crippen molar-refractivity contribution in [3.63, 3.8) is 0 Å². The van der Waals surface area contributed by atoms with Gasteiger partial charge in [-0.3, -0.25) is 0 Å². The van der Waals surface area contributed by atoms with Crippen molar-refractivity contribution in [3.8, 4) is 29.4 Å². The minimum atomic E-state index is 0.443. The van der Waals surface area contributed by atoms with Crippen molar-refractivity contribution in [1.82, 2.24) is 0 Å². The van der Waals surface area contributed by atoms with E-state index in [2.05, 4.69) is 22.0 Å². The molecule has 0 heterocycles. The lowest BCUT2D eigenvalue weighted by Crippen LogP contribution is -1.94. The van der Waals surface area contributed by atoms with E-state index in [9.17, 15) is 5.26 Å². The van der Waals surface area contributed by atoms with E-state index in [0.29, 0.717) is 33.7 Å². The molecule has 0 spiro atoms. The summed E-state index contributed by atoms with van der Waals surface area (Å²) in [6.07, 6.45) is 0. The summed E-state index contributed by atoms with van der Waals surface area (Å²) in [5.74, 6) is 1.35. The second kappa shape index (κ2) is 6.78. The van der Waals surface area contributed by atoms with Crippen molar-refractivity contribution in [3.05, 3.63) is 53.1 Å². The summed E-state index contributed by atoms with van der Waals surface area (Å²) in [5.41, 5.74) is 1.92. The molecule has 0 saturated carbocycles. The highest BCUT2D eigenvalue weighted by Crippen LogP contribution is 2.34. The monoisotopic (exact) mass is 342 g/mol. The third kappa shape index (κ3) is 3.34. The maximum Gasteiger partial charge on any atom is 0.169 e. The summed E-state index contributed by atoms with van der Waals surface area (Å²) in [4.78, 5) is 0. The first-order chi connectivity index (χ1) is 10.2. The maximum atomic E-state index is 9.21. The SMILES string of the molecule is COc1cc(C#N)ccc1Oc1ccc(CBr)cc1C#N. The predicted octanol–water partition coefficient (Wildman–Crippen LogP) is 4.13. The number of nitriles is 2. The van der Waals surface area contributed by atoms with E-state index in [-0.39, 0.29) is 0 Å². The van der Waals surface area contributed by atoms with Crippen LogP contribution < -0.4 is 9.47 Å². The molecule has 4 nitrogen and oxygen atoms in total. The number of halogens is 1. The number of methoxy groups -OCH3 is 1. The fraction of sp³-hybridized carbons (Fsp3) is 0.125. The summed E-state index contributed by atoms with van der Waals surface area (Å²) in [6, 6.07) is 14.4. The van der Waals surface area contributed by atoms with Gasteiger partial charge in [0.2, 0.25) is 0 Å². The minimum Gasteiger partial charge on any atom is -0.493 e. The van der Waals surface area contributed by atoms with Crippen LogP contribution in [0, 0.1) is 22.7 Å². The molecule has 0 bridgehead atoms. The molecule has 0 aliphatic heterocycles. The van der Waals surface area contributed by atoms with E-state index in [1.54, 1.807) is 30.3 Å². The van der Waals surface area contributed by atoms with Crippen molar-refractivity contribution < 1.29 is 9.47 Å². The molecule has 2 rings (SSSR count). The number of rotatable bonds is 4. The molecule has 21 heavy (non-hydrogen) atoms. The van der Waals surface area contributed by atoms with Crippen LogP contribution in [0.25, 0.3) is 0 Å². The molecule has 0 saturated heterocycles. The number of alkyl halides is 1. The Morgan fingerprint density at radius 3 is 2.38 bits per heavy atom. The lowest BCUT2D eigenvalue weighted by atomic mass is 10.1. The zero-order valence-electron chi connectivity index (χ0n) is 11.3. The first kappa shape index (κ1) is 14.9. The molecule has 0 radical (unpaired) electrons. The highest BCUT2D eigenvalue weighted by atomic mass is 79.9. The highest BCUT2D eigenvalue weighted by molar-refractivity contribution is 9.08. The average Bonchev–Trinajstić information content (AvgIpc) is 2.55. The largest absolute Gasteiger partial charge is 0.493 e. The van der Waals surface area contributed by atoms with E-state index >= 15 is 0 Å². The number of benzene rings is 2. The molecule has 0 N–H and O–H groups in total. The highest BCUT2D eigenvalue weighted by Gasteiger charge is 2.10. The average molecular weight is 343 g/mol. The molecule has 0 unspecified atom stereocenters. The first-order valence-corrected chi connectivity index (χ1v) is 7.19. The van der Waals surface area contributed by atoms with Crippen LogP contribution in [0.2, 0.25) is 0 Å². The Kier molecular flexibility index (Phi) is 4.81. The summed E-state index contributed by atoms with van der Waals surface area (Å²) in [5, 5.41) is 18.8. The Bertz CT molecular complexity index is 745. The molecular weight excluding hydrogens is 332 g/mol. The van der Waals surface area contributed by atoms with Crippen LogP contribution in [-0.2, 0) is 5.33 Å². The Morgan fingerprint density at radius 1 is 1.00 bits per heavy atom. The Balaban J connectivity index is 2.39. The summed E-state index contributed by atoms with van der Waals surface area (Å²) in [6.45, 7) is 0.